The summed E-state index contributed by atoms with van der Waals surface area (Å²) in [5.74, 6) is 0.769. The van der Waals surface area contributed by atoms with Crippen LogP contribution in [0.25, 0.3) is 0 Å². The van der Waals surface area contributed by atoms with Crippen LogP contribution in [0.4, 0.5) is 0 Å². The third-order valence-corrected chi connectivity index (χ3v) is 5.51. The zero-order valence-corrected chi connectivity index (χ0v) is 22.3. The first-order chi connectivity index (χ1) is 15.3. The summed E-state index contributed by atoms with van der Waals surface area (Å²) in [7, 11) is 1.79. The molecule has 32 heavy (non-hydrogen) atoms. The predicted octanol–water partition coefficient (Wildman–Crippen LogP) is 8.44. The molecule has 1 N–H and O–H groups in total. The molecule has 3 heteroatoms. The summed E-state index contributed by atoms with van der Waals surface area (Å²) in [5, 5.41) is 3.74. The van der Waals surface area contributed by atoms with Crippen LogP contribution in [0.15, 0.2) is 58.7 Å². The minimum atomic E-state index is 0.0169. The van der Waals surface area contributed by atoms with Crippen molar-refractivity contribution in [3.8, 4) is 0 Å². The fourth-order valence-corrected chi connectivity index (χ4v) is 3.92. The van der Waals surface area contributed by atoms with Gasteiger partial charge in [0.1, 0.15) is 0 Å². The standard InChI is InChI=1S/C24H35N3.C3H8.C2H6/c1-7-19(3)24(15-9-8-10-16-24)27-21(5)17-20(4)26-23(25-6)22-13-11-18(2)12-14-22;1-3-2;1-2/h11-14,27H,3,5,7-10,15-17H2,1-2,4,6H3;3H2,1-2H3;1-2H3. The van der Waals surface area contributed by atoms with Crippen LogP contribution in [0.2, 0.25) is 0 Å². The number of nitrogens with zero attached hydrogens (tertiary/aromatic N) is 2. The second-order valence-corrected chi connectivity index (χ2v) is 8.47. The van der Waals surface area contributed by atoms with E-state index in [2.05, 4.69) is 82.4 Å². The van der Waals surface area contributed by atoms with Crippen molar-refractivity contribution in [2.24, 2.45) is 9.98 Å². The summed E-state index contributed by atoms with van der Waals surface area (Å²) in [4.78, 5) is 9.13. The van der Waals surface area contributed by atoms with Gasteiger partial charge in [-0.3, -0.25) is 4.99 Å². The van der Waals surface area contributed by atoms with Gasteiger partial charge in [0.2, 0.25) is 0 Å². The Bertz CT molecular complexity index is 732. The lowest BCUT2D eigenvalue weighted by Gasteiger charge is -2.41. The van der Waals surface area contributed by atoms with Gasteiger partial charge in [-0.25, -0.2) is 4.99 Å². The quantitative estimate of drug-likeness (QED) is 0.258. The lowest BCUT2D eigenvalue weighted by atomic mass is 9.75. The maximum atomic E-state index is 4.76. The fourth-order valence-electron chi connectivity index (χ4n) is 3.92. The number of rotatable bonds is 7. The van der Waals surface area contributed by atoms with Crippen molar-refractivity contribution in [2.45, 2.75) is 105 Å². The molecule has 1 aromatic rings. The highest BCUT2D eigenvalue weighted by atomic mass is 15.0. The van der Waals surface area contributed by atoms with Gasteiger partial charge in [-0.05, 0) is 33.1 Å². The summed E-state index contributed by atoms with van der Waals surface area (Å²) in [6.45, 7) is 23.2. The molecule has 1 aliphatic carbocycles. The van der Waals surface area contributed by atoms with Gasteiger partial charge in [-0.15, -0.1) is 0 Å². The molecular formula is C29H49N3. The number of aryl methyl sites for hydroxylation is 1. The van der Waals surface area contributed by atoms with Crippen LogP contribution in [-0.2, 0) is 0 Å². The van der Waals surface area contributed by atoms with Crippen LogP contribution in [-0.4, -0.2) is 24.1 Å². The highest BCUT2D eigenvalue weighted by molar-refractivity contribution is 6.06. The van der Waals surface area contributed by atoms with Gasteiger partial charge in [0.25, 0.3) is 0 Å². The lowest BCUT2D eigenvalue weighted by molar-refractivity contribution is 0.289. The minimum Gasteiger partial charge on any atom is -0.379 e. The van der Waals surface area contributed by atoms with Crippen LogP contribution in [0, 0.1) is 6.92 Å². The van der Waals surface area contributed by atoms with Crippen molar-refractivity contribution in [3.63, 3.8) is 0 Å². The van der Waals surface area contributed by atoms with Gasteiger partial charge in [-0.1, -0.05) is 109 Å². The maximum absolute atomic E-state index is 4.76. The number of nitrogens with one attached hydrogen (secondary N) is 1. The summed E-state index contributed by atoms with van der Waals surface area (Å²) in [6.07, 6.45) is 9.12. The molecule has 0 radical (unpaired) electrons. The fraction of sp³-hybridized carbons (Fsp3) is 0.586. The largest absolute Gasteiger partial charge is 0.379 e. The first-order valence-electron chi connectivity index (χ1n) is 12.5. The van der Waals surface area contributed by atoms with Gasteiger partial charge < -0.3 is 5.32 Å². The maximum Gasteiger partial charge on any atom is 0.154 e. The summed E-state index contributed by atoms with van der Waals surface area (Å²) in [5.41, 5.74) is 5.64. The van der Waals surface area contributed by atoms with E-state index in [0.717, 1.165) is 48.5 Å². The van der Waals surface area contributed by atoms with Crippen molar-refractivity contribution in [1.29, 1.82) is 0 Å². The van der Waals surface area contributed by atoms with Gasteiger partial charge >= 0.3 is 0 Å². The molecule has 1 aliphatic rings. The highest BCUT2D eigenvalue weighted by Gasteiger charge is 2.33. The monoisotopic (exact) mass is 439 g/mol. The van der Waals surface area contributed by atoms with E-state index in [1.165, 1.54) is 36.8 Å². The Morgan fingerprint density at radius 3 is 2.00 bits per heavy atom. The first-order valence-corrected chi connectivity index (χ1v) is 12.5. The molecule has 3 nitrogen and oxygen atoms in total. The van der Waals surface area contributed by atoms with Crippen LogP contribution in [0.3, 0.4) is 0 Å². The first kappa shape index (κ1) is 29.8. The Kier molecular flexibility index (Phi) is 15.4. The molecule has 1 saturated carbocycles. The Balaban J connectivity index is 0.00000177. The molecule has 0 atom stereocenters. The third-order valence-electron chi connectivity index (χ3n) is 5.51. The SMILES string of the molecule is C=C(CC(C)=NC(=NC)c1ccc(C)cc1)NC1(C(=C)CC)CCCCC1.CC.CCC. The lowest BCUT2D eigenvalue weighted by Crippen LogP contribution is -2.47. The van der Waals surface area contributed by atoms with Gasteiger partial charge in [0.15, 0.2) is 5.84 Å². The van der Waals surface area contributed by atoms with E-state index in [9.17, 15) is 0 Å². The normalized spacial score (nSPS) is 15.5. The van der Waals surface area contributed by atoms with E-state index in [1.807, 2.05) is 13.8 Å². The van der Waals surface area contributed by atoms with Crippen LogP contribution in [0.5, 0.6) is 0 Å². The van der Waals surface area contributed by atoms with E-state index in [0.29, 0.717) is 0 Å². The molecule has 2 rings (SSSR count). The number of benzene rings is 1. The molecule has 0 amide bonds. The average molecular weight is 440 g/mol. The number of allylic oxidation sites excluding steroid dienone is 1. The van der Waals surface area contributed by atoms with E-state index >= 15 is 0 Å². The highest BCUT2D eigenvalue weighted by Crippen LogP contribution is 2.35. The molecule has 0 bridgehead atoms. The number of hydrogen-bond donors (Lipinski definition) is 1. The molecule has 0 aliphatic heterocycles. The van der Waals surface area contributed by atoms with Gasteiger partial charge in [0, 0.05) is 30.4 Å². The van der Waals surface area contributed by atoms with Crippen molar-refractivity contribution in [2.75, 3.05) is 7.05 Å². The Morgan fingerprint density at radius 1 is 1.00 bits per heavy atom. The van der Waals surface area contributed by atoms with E-state index in [4.69, 9.17) is 4.99 Å². The van der Waals surface area contributed by atoms with Gasteiger partial charge in [0.05, 0.1) is 5.54 Å². The summed E-state index contributed by atoms with van der Waals surface area (Å²) in [6, 6.07) is 8.33. The molecule has 180 valence electrons. The van der Waals surface area contributed by atoms with Gasteiger partial charge in [-0.2, -0.15) is 0 Å². The van der Waals surface area contributed by atoms with Crippen molar-refractivity contribution in [1.82, 2.24) is 5.32 Å². The second-order valence-electron chi connectivity index (χ2n) is 8.47. The third kappa shape index (κ3) is 9.97. The topological polar surface area (TPSA) is 36.8 Å². The second kappa shape index (κ2) is 16.5. The number of amidine groups is 1. The minimum absolute atomic E-state index is 0.0169. The van der Waals surface area contributed by atoms with E-state index in [1.54, 1.807) is 7.05 Å². The summed E-state index contributed by atoms with van der Waals surface area (Å²) < 4.78 is 0. The van der Waals surface area contributed by atoms with Crippen molar-refractivity contribution < 1.29 is 0 Å². The van der Waals surface area contributed by atoms with E-state index in [-0.39, 0.29) is 5.54 Å². The predicted molar refractivity (Wildman–Crippen MR) is 146 cm³/mol. The van der Waals surface area contributed by atoms with Crippen LogP contribution < -0.4 is 5.32 Å². The Labute approximate surface area is 199 Å². The Morgan fingerprint density at radius 2 is 1.53 bits per heavy atom. The molecule has 0 aromatic heterocycles. The smallest absolute Gasteiger partial charge is 0.154 e. The average Bonchev–Trinajstić information content (AvgIpc) is 2.80. The van der Waals surface area contributed by atoms with Crippen molar-refractivity contribution >= 4 is 11.5 Å². The molecule has 0 spiro atoms. The number of hydrogen-bond acceptors (Lipinski definition) is 2. The van der Waals surface area contributed by atoms with Crippen LogP contribution >= 0.6 is 0 Å². The van der Waals surface area contributed by atoms with Crippen molar-refractivity contribution in [3.05, 3.63) is 59.8 Å². The molecule has 1 aromatic carbocycles. The zero-order valence-electron chi connectivity index (χ0n) is 22.3. The van der Waals surface area contributed by atoms with E-state index < -0.39 is 0 Å². The summed E-state index contributed by atoms with van der Waals surface area (Å²) >= 11 is 0. The zero-order chi connectivity index (χ0) is 24.6. The molecule has 0 unspecified atom stereocenters. The Hall–Kier alpha value is -2.16. The molecular weight excluding hydrogens is 390 g/mol. The van der Waals surface area contributed by atoms with Crippen LogP contribution in [0.1, 0.15) is 104 Å². The molecule has 1 fully saturated rings. The molecule has 0 saturated heterocycles. The number of aliphatic imine (C=N–C) groups is 2. The molecule has 0 heterocycles.